The quantitative estimate of drug-likeness (QED) is 0.678. The first kappa shape index (κ1) is 20.1. The third-order valence-electron chi connectivity index (χ3n) is 3.93. The number of carbonyl (C=O) groups excluding carboxylic acids is 2. The van der Waals surface area contributed by atoms with Crippen LogP contribution in [0.1, 0.15) is 38.1 Å². The molecule has 2 N–H and O–H groups in total. The second-order valence-electron chi connectivity index (χ2n) is 5.94. The van der Waals surface area contributed by atoms with Crippen molar-refractivity contribution in [3.63, 3.8) is 0 Å². The minimum Gasteiger partial charge on any atom is -0.353 e. The summed E-state index contributed by atoms with van der Waals surface area (Å²) >= 11 is 0. The number of benzene rings is 1. The first-order valence-electron chi connectivity index (χ1n) is 8.46. The number of nitrogens with one attached hydrogen (secondary N) is 2. The predicted molar refractivity (Wildman–Crippen MR) is 93.3 cm³/mol. The van der Waals surface area contributed by atoms with Gasteiger partial charge in [-0.1, -0.05) is 39.8 Å². The molecule has 1 rings (SSSR count). The van der Waals surface area contributed by atoms with Crippen LogP contribution in [-0.2, 0) is 4.79 Å². The summed E-state index contributed by atoms with van der Waals surface area (Å²) in [5.41, 5.74) is 0.00650. The molecule has 24 heavy (non-hydrogen) atoms. The Bertz CT molecular complexity index is 545. The Morgan fingerprint density at radius 1 is 1.08 bits per heavy atom. The maximum Gasteiger partial charge on any atom is 0.254 e. The smallest absolute Gasteiger partial charge is 0.254 e. The molecule has 0 unspecified atom stereocenters. The molecule has 0 aliphatic heterocycles. The molecule has 0 bridgehead atoms. The van der Waals surface area contributed by atoms with E-state index in [4.69, 9.17) is 0 Å². The highest BCUT2D eigenvalue weighted by atomic mass is 19.1. The van der Waals surface area contributed by atoms with Crippen molar-refractivity contribution in [2.24, 2.45) is 5.92 Å². The van der Waals surface area contributed by atoms with Crippen LogP contribution in [0.15, 0.2) is 24.3 Å². The average molecular weight is 337 g/mol. The first-order chi connectivity index (χ1) is 11.4. The molecular formula is C18H28FN3O2. The lowest BCUT2D eigenvalue weighted by molar-refractivity contribution is -0.127. The van der Waals surface area contributed by atoms with E-state index >= 15 is 0 Å². The summed E-state index contributed by atoms with van der Waals surface area (Å²) in [5.74, 6) is -0.890. The zero-order chi connectivity index (χ0) is 18.1. The van der Waals surface area contributed by atoms with Gasteiger partial charge in [0.25, 0.3) is 5.91 Å². The lowest BCUT2D eigenvalue weighted by Crippen LogP contribution is -2.50. The van der Waals surface area contributed by atoms with Crippen molar-refractivity contribution >= 4 is 11.8 Å². The molecule has 6 heteroatoms. The maximum atomic E-state index is 13.5. The normalized spacial score (nSPS) is 12.3. The van der Waals surface area contributed by atoms with Gasteiger partial charge in [0.2, 0.25) is 5.91 Å². The molecule has 0 radical (unpaired) electrons. The van der Waals surface area contributed by atoms with Crippen LogP contribution < -0.4 is 10.6 Å². The van der Waals surface area contributed by atoms with E-state index in [-0.39, 0.29) is 30.0 Å². The molecule has 1 aromatic carbocycles. The van der Waals surface area contributed by atoms with Gasteiger partial charge in [-0.3, -0.25) is 14.5 Å². The summed E-state index contributed by atoms with van der Waals surface area (Å²) in [6.07, 6.45) is 0. The Kier molecular flexibility index (Phi) is 8.40. The summed E-state index contributed by atoms with van der Waals surface area (Å²) < 4.78 is 13.5. The van der Waals surface area contributed by atoms with Crippen molar-refractivity contribution in [1.29, 1.82) is 0 Å². The lowest BCUT2D eigenvalue weighted by atomic mass is 10.0. The number of amides is 2. The Morgan fingerprint density at radius 2 is 1.67 bits per heavy atom. The third-order valence-corrected chi connectivity index (χ3v) is 3.93. The van der Waals surface area contributed by atoms with Crippen LogP contribution >= 0.6 is 0 Å². The number of carbonyl (C=O) groups is 2. The number of rotatable bonds is 9. The molecule has 0 aromatic heterocycles. The zero-order valence-corrected chi connectivity index (χ0v) is 14.9. The molecule has 1 atom stereocenters. The van der Waals surface area contributed by atoms with E-state index in [1.54, 1.807) is 6.07 Å². The van der Waals surface area contributed by atoms with Crippen molar-refractivity contribution in [2.75, 3.05) is 26.2 Å². The first-order valence-corrected chi connectivity index (χ1v) is 8.46. The lowest BCUT2D eigenvalue weighted by Gasteiger charge is -2.31. The highest BCUT2D eigenvalue weighted by molar-refractivity contribution is 5.94. The zero-order valence-electron chi connectivity index (χ0n) is 14.9. The molecule has 5 nitrogen and oxygen atoms in total. The molecule has 0 heterocycles. The summed E-state index contributed by atoms with van der Waals surface area (Å²) in [7, 11) is 0. The second-order valence-corrected chi connectivity index (χ2v) is 5.94. The summed E-state index contributed by atoms with van der Waals surface area (Å²) in [6, 6.07) is 5.62. The molecule has 0 fully saturated rings. The van der Waals surface area contributed by atoms with Crippen LogP contribution in [-0.4, -0.2) is 48.9 Å². The van der Waals surface area contributed by atoms with Crippen LogP contribution in [0.2, 0.25) is 0 Å². The Morgan fingerprint density at radius 3 is 2.21 bits per heavy atom. The van der Waals surface area contributed by atoms with Crippen molar-refractivity contribution in [3.05, 3.63) is 35.6 Å². The minimum absolute atomic E-state index is 0.00650. The van der Waals surface area contributed by atoms with E-state index in [2.05, 4.69) is 15.5 Å². The van der Waals surface area contributed by atoms with Gasteiger partial charge in [-0.15, -0.1) is 0 Å². The Hall–Kier alpha value is -1.95. The van der Waals surface area contributed by atoms with Crippen LogP contribution in [0, 0.1) is 11.7 Å². The summed E-state index contributed by atoms with van der Waals surface area (Å²) in [4.78, 5) is 26.4. The van der Waals surface area contributed by atoms with Gasteiger partial charge in [0.15, 0.2) is 0 Å². The number of hydrogen-bond donors (Lipinski definition) is 2. The third kappa shape index (κ3) is 5.60. The molecule has 134 valence electrons. The number of hydrogen-bond acceptors (Lipinski definition) is 3. The SMILES string of the molecule is CCN(CC)[C@H](C(=O)NCCNC(=O)c1ccccc1F)C(C)C. The molecule has 0 spiro atoms. The molecule has 0 saturated heterocycles. The Labute approximate surface area is 143 Å². The predicted octanol–water partition coefficient (Wildman–Crippen LogP) is 2.04. The molecule has 0 saturated carbocycles. The highest BCUT2D eigenvalue weighted by Gasteiger charge is 2.26. The topological polar surface area (TPSA) is 61.4 Å². The van der Waals surface area contributed by atoms with Crippen LogP contribution in [0.25, 0.3) is 0 Å². The van der Waals surface area contributed by atoms with E-state index < -0.39 is 11.7 Å². The minimum atomic E-state index is -0.555. The van der Waals surface area contributed by atoms with Crippen molar-refractivity contribution in [3.8, 4) is 0 Å². The second kappa shape index (κ2) is 10.0. The van der Waals surface area contributed by atoms with Crippen LogP contribution in [0.4, 0.5) is 4.39 Å². The van der Waals surface area contributed by atoms with Gasteiger partial charge >= 0.3 is 0 Å². The van der Waals surface area contributed by atoms with Gasteiger partial charge in [-0.05, 0) is 31.1 Å². The molecule has 0 aliphatic rings. The van der Waals surface area contributed by atoms with Crippen LogP contribution in [0.5, 0.6) is 0 Å². The van der Waals surface area contributed by atoms with Gasteiger partial charge in [-0.2, -0.15) is 0 Å². The van der Waals surface area contributed by atoms with E-state index in [1.807, 2.05) is 27.7 Å². The van der Waals surface area contributed by atoms with Crippen LogP contribution in [0.3, 0.4) is 0 Å². The van der Waals surface area contributed by atoms with Crippen molar-refractivity contribution in [1.82, 2.24) is 15.5 Å². The van der Waals surface area contributed by atoms with E-state index in [0.717, 1.165) is 13.1 Å². The number of likely N-dealkylation sites (N-methyl/N-ethyl adjacent to an activating group) is 1. The van der Waals surface area contributed by atoms with Gasteiger partial charge in [0.05, 0.1) is 11.6 Å². The van der Waals surface area contributed by atoms with Gasteiger partial charge in [0.1, 0.15) is 5.82 Å². The van der Waals surface area contributed by atoms with E-state index in [0.29, 0.717) is 6.54 Å². The summed E-state index contributed by atoms with van der Waals surface area (Å²) in [6.45, 7) is 10.3. The molecule has 2 amide bonds. The van der Waals surface area contributed by atoms with E-state index in [1.165, 1.54) is 18.2 Å². The highest BCUT2D eigenvalue weighted by Crippen LogP contribution is 2.10. The fraction of sp³-hybridized carbons (Fsp3) is 0.556. The van der Waals surface area contributed by atoms with Gasteiger partial charge in [0, 0.05) is 13.1 Å². The number of nitrogens with zero attached hydrogens (tertiary/aromatic N) is 1. The standard InChI is InChI=1S/C18H28FN3O2/c1-5-22(6-2)16(13(3)4)18(24)21-12-11-20-17(23)14-9-7-8-10-15(14)19/h7-10,13,16H,5-6,11-12H2,1-4H3,(H,20,23)(H,21,24)/t16-/m0/s1. The van der Waals surface area contributed by atoms with Crippen molar-refractivity contribution in [2.45, 2.75) is 33.7 Å². The van der Waals surface area contributed by atoms with E-state index in [9.17, 15) is 14.0 Å². The van der Waals surface area contributed by atoms with Gasteiger partial charge < -0.3 is 10.6 Å². The molecular weight excluding hydrogens is 309 g/mol. The monoisotopic (exact) mass is 337 g/mol. The molecule has 1 aromatic rings. The molecule has 0 aliphatic carbocycles. The Balaban J connectivity index is 2.47. The van der Waals surface area contributed by atoms with Gasteiger partial charge in [-0.25, -0.2) is 4.39 Å². The summed E-state index contributed by atoms with van der Waals surface area (Å²) in [5, 5.41) is 5.46. The average Bonchev–Trinajstić information content (AvgIpc) is 2.56. The maximum absolute atomic E-state index is 13.5. The fourth-order valence-electron chi connectivity index (χ4n) is 2.71. The fourth-order valence-corrected chi connectivity index (χ4v) is 2.71. The number of halogens is 1. The largest absolute Gasteiger partial charge is 0.353 e. The van der Waals surface area contributed by atoms with Crippen molar-refractivity contribution < 1.29 is 14.0 Å².